The maximum absolute atomic E-state index is 2.17. The summed E-state index contributed by atoms with van der Waals surface area (Å²) in [6.45, 7) is 0. The van der Waals surface area contributed by atoms with Crippen LogP contribution in [0.4, 0.5) is 0 Å². The third-order valence-electron chi connectivity index (χ3n) is 1.84. The molecule has 1 radical (unpaired) electrons. The predicted octanol–water partition coefficient (Wildman–Crippen LogP) is 2.32. The van der Waals surface area contributed by atoms with Gasteiger partial charge in [-0.15, -0.1) is 0 Å². The van der Waals surface area contributed by atoms with Crippen molar-refractivity contribution in [2.75, 3.05) is 0 Å². The zero-order chi connectivity index (χ0) is 8.93. The van der Waals surface area contributed by atoms with Crippen molar-refractivity contribution in [3.05, 3.63) is 60.7 Å². The Bertz CT molecular complexity index is 321. The van der Waals surface area contributed by atoms with Crippen molar-refractivity contribution in [1.29, 1.82) is 0 Å². The third-order valence-corrected chi connectivity index (χ3v) is 3.08. The molecule has 0 saturated heterocycles. The molecule has 0 amide bonds. The molecule has 0 spiro atoms. The zero-order valence-corrected chi connectivity index (χ0v) is 12.5. The van der Waals surface area contributed by atoms with Crippen LogP contribution in [0.2, 0.25) is 0 Å². The second-order valence-electron chi connectivity index (χ2n) is 2.86. The van der Waals surface area contributed by atoms with E-state index in [1.165, 1.54) is 10.6 Å². The van der Waals surface area contributed by atoms with Gasteiger partial charge in [-0.05, 0) is 10.6 Å². The van der Waals surface area contributed by atoms with Crippen LogP contribution in [0, 0.1) is 35.6 Å². The topological polar surface area (TPSA) is 0 Å². The van der Waals surface area contributed by atoms with Crippen LogP contribution in [0.1, 0.15) is 0 Å². The van der Waals surface area contributed by atoms with Crippen LogP contribution in [-0.2, 0) is 0 Å². The third kappa shape index (κ3) is 3.67. The quantitative estimate of drug-likeness (QED) is 0.744. The maximum atomic E-state index is 2.17. The van der Waals surface area contributed by atoms with Gasteiger partial charge < -0.3 is 0 Å². The second kappa shape index (κ2) is 6.53. The second-order valence-corrected chi connectivity index (χ2v) is 4.26. The summed E-state index contributed by atoms with van der Waals surface area (Å²) in [6, 6.07) is 21.2. The molecular weight excluding hydrogens is 314 g/mol. The van der Waals surface area contributed by atoms with Gasteiger partial charge in [0, 0.05) is 35.6 Å². The van der Waals surface area contributed by atoms with Gasteiger partial charge in [-0.25, -0.2) is 0 Å². The van der Waals surface area contributed by atoms with Gasteiger partial charge in [-0.1, -0.05) is 69.2 Å². The smallest absolute Gasteiger partial charge is 0 e. The Morgan fingerprint density at radius 1 is 0.571 bits per heavy atom. The van der Waals surface area contributed by atoms with Crippen LogP contribution in [0.3, 0.4) is 0 Å². The van der Waals surface area contributed by atoms with E-state index in [1.54, 1.807) is 0 Å². The van der Waals surface area contributed by atoms with Gasteiger partial charge in [-0.2, -0.15) is 0 Å². The molecule has 2 rings (SSSR count). The molecule has 0 aliphatic carbocycles. The minimum Gasteiger partial charge on any atom is -0.0622 e. The molecule has 0 aromatic heterocycles. The largest absolute Gasteiger partial charge is 0.0622 e. The summed E-state index contributed by atoms with van der Waals surface area (Å²) in [4.78, 5) is 0. The van der Waals surface area contributed by atoms with Gasteiger partial charge >= 0.3 is 0 Å². The van der Waals surface area contributed by atoms with E-state index in [2.05, 4.69) is 60.7 Å². The molecule has 0 nitrogen and oxygen atoms in total. The summed E-state index contributed by atoms with van der Waals surface area (Å²) in [6.07, 6.45) is 0. The summed E-state index contributed by atoms with van der Waals surface area (Å²) >= 11 is 0. The van der Waals surface area contributed by atoms with Gasteiger partial charge in [0.05, 0.1) is 0 Å². The molecule has 67 valence electrons. The molecule has 0 heterocycles. The molecule has 0 aliphatic rings. The summed E-state index contributed by atoms with van der Waals surface area (Å²) in [5.74, 6) is 0. The van der Waals surface area contributed by atoms with E-state index in [-0.39, 0.29) is 35.6 Å². The van der Waals surface area contributed by atoms with Crippen molar-refractivity contribution >= 4 is 19.2 Å². The van der Waals surface area contributed by atoms with Gasteiger partial charge in [0.1, 0.15) is 0 Å². The minimum atomic E-state index is 0. The molecule has 14 heavy (non-hydrogen) atoms. The molecule has 0 N–H and O–H groups in total. The molecule has 0 atom stereocenters. The number of hydrogen-bond acceptors (Lipinski definition) is 0. The fourth-order valence-corrected chi connectivity index (χ4v) is 2.26. The molecule has 0 unspecified atom stereocenters. The number of rotatable bonds is 2. The van der Waals surface area contributed by atoms with Crippen LogP contribution < -0.4 is 10.6 Å². The Hall–Kier alpha value is 0.0648. The fourth-order valence-electron chi connectivity index (χ4n) is 1.21. The van der Waals surface area contributed by atoms with Crippen LogP contribution in [0.25, 0.3) is 0 Å². The Kier molecular flexibility index (Phi) is 5.66. The summed E-state index contributed by atoms with van der Waals surface area (Å²) in [5.41, 5.74) is 0. The SMILES string of the molecule is [La].c1ccc(Pc2ccccc2)cc1. The summed E-state index contributed by atoms with van der Waals surface area (Å²) in [5, 5.41) is 2.79. The Morgan fingerprint density at radius 3 is 1.29 bits per heavy atom. The van der Waals surface area contributed by atoms with Crippen molar-refractivity contribution < 1.29 is 35.6 Å². The Balaban J connectivity index is 0.000000980. The molecule has 0 saturated carbocycles. The Labute approximate surface area is 115 Å². The van der Waals surface area contributed by atoms with Gasteiger partial charge in [0.15, 0.2) is 0 Å². The van der Waals surface area contributed by atoms with Crippen molar-refractivity contribution in [2.24, 2.45) is 0 Å². The van der Waals surface area contributed by atoms with Crippen molar-refractivity contribution in [2.45, 2.75) is 0 Å². The average molecular weight is 325 g/mol. The molecule has 0 bridgehead atoms. The fraction of sp³-hybridized carbons (Fsp3) is 0. The molecule has 0 aliphatic heterocycles. The van der Waals surface area contributed by atoms with Gasteiger partial charge in [0.2, 0.25) is 0 Å². The van der Waals surface area contributed by atoms with E-state index in [9.17, 15) is 0 Å². The van der Waals surface area contributed by atoms with Crippen molar-refractivity contribution in [3.63, 3.8) is 0 Å². The van der Waals surface area contributed by atoms with Crippen LogP contribution >= 0.6 is 8.58 Å². The zero-order valence-electron chi connectivity index (χ0n) is 7.85. The van der Waals surface area contributed by atoms with E-state index in [1.807, 2.05) is 0 Å². The first-order valence-electron chi connectivity index (χ1n) is 4.32. The van der Waals surface area contributed by atoms with E-state index < -0.39 is 0 Å². The molecule has 2 aromatic rings. The maximum Gasteiger partial charge on any atom is 0 e. The van der Waals surface area contributed by atoms with E-state index in [0.717, 1.165) is 8.58 Å². The first kappa shape index (κ1) is 12.1. The molecule has 0 fully saturated rings. The molecule has 2 heteroatoms. The Morgan fingerprint density at radius 2 is 0.929 bits per heavy atom. The number of hydrogen-bond donors (Lipinski definition) is 0. The average Bonchev–Trinajstić information content (AvgIpc) is 2.21. The van der Waals surface area contributed by atoms with Gasteiger partial charge in [0.25, 0.3) is 0 Å². The number of benzene rings is 2. The van der Waals surface area contributed by atoms with Crippen LogP contribution in [0.5, 0.6) is 0 Å². The van der Waals surface area contributed by atoms with Crippen molar-refractivity contribution in [1.82, 2.24) is 0 Å². The molecular formula is C12H11LaP. The minimum absolute atomic E-state index is 0. The van der Waals surface area contributed by atoms with Crippen LogP contribution in [0.15, 0.2) is 60.7 Å². The van der Waals surface area contributed by atoms with Crippen LogP contribution in [-0.4, -0.2) is 0 Å². The summed E-state index contributed by atoms with van der Waals surface area (Å²) < 4.78 is 0. The van der Waals surface area contributed by atoms with E-state index >= 15 is 0 Å². The first-order chi connectivity index (χ1) is 6.45. The predicted molar refractivity (Wildman–Crippen MR) is 60.5 cm³/mol. The van der Waals surface area contributed by atoms with E-state index in [0.29, 0.717) is 0 Å². The van der Waals surface area contributed by atoms with Gasteiger partial charge in [-0.3, -0.25) is 0 Å². The molecule has 2 aromatic carbocycles. The standard InChI is InChI=1S/C12H11P.La/c1-3-7-11(8-4-1)13-12-9-5-2-6-10-12;/h1-10,13H;. The van der Waals surface area contributed by atoms with Crippen molar-refractivity contribution in [3.8, 4) is 0 Å². The first-order valence-corrected chi connectivity index (χ1v) is 5.32. The monoisotopic (exact) mass is 325 g/mol. The normalized spacial score (nSPS) is 9.14. The van der Waals surface area contributed by atoms with E-state index in [4.69, 9.17) is 0 Å². The summed E-state index contributed by atoms with van der Waals surface area (Å²) in [7, 11) is 0.777.